The van der Waals surface area contributed by atoms with E-state index < -0.39 is 30.1 Å². The third kappa shape index (κ3) is 2.25. The minimum atomic E-state index is -0.574. The molecule has 5 atom stereocenters. The normalized spacial score (nSPS) is 32.1. The van der Waals surface area contributed by atoms with E-state index in [0.717, 1.165) is 16.8 Å². The molecule has 3 saturated heterocycles. The second-order valence-corrected chi connectivity index (χ2v) is 8.36. The fourth-order valence-electron chi connectivity index (χ4n) is 4.90. The molecule has 2 amide bonds. The summed E-state index contributed by atoms with van der Waals surface area (Å²) in [4.78, 5) is 33.4. The van der Waals surface area contributed by atoms with Crippen molar-refractivity contribution < 1.29 is 19.2 Å². The number of fused-ring (bicyclic) bond motifs is 8. The lowest BCUT2D eigenvalue weighted by atomic mass is 9.76. The molecular formula is C21H14Cl2N2O4. The Balaban J connectivity index is 1.42. The van der Waals surface area contributed by atoms with Crippen molar-refractivity contribution in [2.75, 3.05) is 4.90 Å². The maximum absolute atomic E-state index is 13.3. The van der Waals surface area contributed by atoms with Gasteiger partial charge >= 0.3 is 0 Å². The highest BCUT2D eigenvalue weighted by atomic mass is 35.5. The first-order valence-corrected chi connectivity index (χ1v) is 10.0. The number of anilines is 1. The lowest BCUT2D eigenvalue weighted by Crippen LogP contribution is -2.40. The van der Waals surface area contributed by atoms with Crippen molar-refractivity contribution in [3.05, 3.63) is 69.7 Å². The molecule has 6 nitrogen and oxygen atoms in total. The zero-order chi connectivity index (χ0) is 19.9. The minimum absolute atomic E-state index is 0.258. The second kappa shape index (κ2) is 6.06. The average molecular weight is 429 g/mol. The van der Waals surface area contributed by atoms with E-state index in [-0.39, 0.29) is 11.8 Å². The first-order valence-electron chi connectivity index (χ1n) is 9.26. The molecule has 0 aromatic heterocycles. The van der Waals surface area contributed by atoms with Crippen molar-refractivity contribution in [1.82, 2.24) is 5.48 Å². The van der Waals surface area contributed by atoms with Crippen LogP contribution in [-0.2, 0) is 19.2 Å². The van der Waals surface area contributed by atoms with E-state index in [1.807, 2.05) is 18.2 Å². The van der Waals surface area contributed by atoms with Gasteiger partial charge in [0.15, 0.2) is 0 Å². The second-order valence-electron chi connectivity index (χ2n) is 7.51. The molecule has 6 rings (SSSR count). The number of ether oxygens (including phenoxy) is 1. The first-order chi connectivity index (χ1) is 14.1. The number of carbonyl (C=O) groups excluding carboxylic acids is 2. The lowest BCUT2D eigenvalue weighted by molar-refractivity contribution is -0.126. The third-order valence-electron chi connectivity index (χ3n) is 6.10. The quantitative estimate of drug-likeness (QED) is 0.743. The van der Waals surface area contributed by atoms with Crippen molar-refractivity contribution in [2.24, 2.45) is 11.8 Å². The molecule has 8 heteroatoms. The summed E-state index contributed by atoms with van der Waals surface area (Å²) in [6, 6.07) is 14.1. The van der Waals surface area contributed by atoms with Gasteiger partial charge < -0.3 is 4.74 Å². The molecule has 2 bridgehead atoms. The number of halogens is 2. The van der Waals surface area contributed by atoms with Crippen LogP contribution in [0.15, 0.2) is 54.1 Å². The van der Waals surface area contributed by atoms with Gasteiger partial charge in [0.2, 0.25) is 11.8 Å². The van der Waals surface area contributed by atoms with E-state index in [1.165, 1.54) is 4.90 Å². The number of nitrogens with zero attached hydrogens (tertiary/aromatic N) is 1. The Morgan fingerprint density at radius 1 is 0.897 bits per heavy atom. The number of amides is 2. The molecule has 4 aliphatic rings. The smallest absolute Gasteiger partial charge is 0.240 e. The third-order valence-corrected chi connectivity index (χ3v) is 6.68. The number of hydroxylamine groups is 1. The minimum Gasteiger partial charge on any atom is -0.366 e. The Kier molecular flexibility index (Phi) is 3.65. The summed E-state index contributed by atoms with van der Waals surface area (Å²) in [6.45, 7) is 0. The summed E-state index contributed by atoms with van der Waals surface area (Å²) in [5.74, 6) is -1.66. The predicted octanol–water partition coefficient (Wildman–Crippen LogP) is 3.19. The van der Waals surface area contributed by atoms with Crippen molar-refractivity contribution >= 4 is 46.4 Å². The van der Waals surface area contributed by atoms with Crippen LogP contribution in [-0.4, -0.2) is 30.1 Å². The summed E-state index contributed by atoms with van der Waals surface area (Å²) in [7, 11) is 0. The molecule has 146 valence electrons. The summed E-state index contributed by atoms with van der Waals surface area (Å²) < 4.78 is 6.09. The Hall–Kier alpha value is -2.38. The molecular weight excluding hydrogens is 415 g/mol. The molecule has 29 heavy (non-hydrogen) atoms. The van der Waals surface area contributed by atoms with Crippen LogP contribution in [0, 0.1) is 11.8 Å². The highest BCUT2D eigenvalue weighted by Gasteiger charge is 2.69. The zero-order valence-corrected chi connectivity index (χ0v) is 16.4. The Morgan fingerprint density at radius 2 is 1.62 bits per heavy atom. The van der Waals surface area contributed by atoms with E-state index >= 15 is 0 Å². The highest BCUT2D eigenvalue weighted by Crippen LogP contribution is 2.55. The molecule has 0 unspecified atom stereocenters. The molecule has 4 aliphatic heterocycles. The largest absolute Gasteiger partial charge is 0.366 e. The number of benzene rings is 2. The predicted molar refractivity (Wildman–Crippen MR) is 106 cm³/mol. The monoisotopic (exact) mass is 428 g/mol. The number of hydrogen-bond acceptors (Lipinski definition) is 5. The Labute approximate surface area is 175 Å². The van der Waals surface area contributed by atoms with Gasteiger partial charge in [-0.15, -0.1) is 0 Å². The standard InChI is InChI=1S/C21H14Cl2N2O4/c22-9-5-7-10(8-6-9)25-20(26)13-14(21(25)27)18-19-15(17(13)28-18)16(24-29-19)11-3-1-2-4-12(11)23/h1-8,13-14,17-19,24H/t13-,14+,17-,18+,19+/m0/s1. The molecule has 0 spiro atoms. The average Bonchev–Trinajstić information content (AvgIpc) is 3.44. The highest BCUT2D eigenvalue weighted by molar-refractivity contribution is 6.32. The van der Waals surface area contributed by atoms with Crippen molar-refractivity contribution in [2.45, 2.75) is 18.3 Å². The van der Waals surface area contributed by atoms with Gasteiger partial charge in [-0.3, -0.25) is 19.9 Å². The van der Waals surface area contributed by atoms with Crippen molar-refractivity contribution in [3.63, 3.8) is 0 Å². The fourth-order valence-corrected chi connectivity index (χ4v) is 5.25. The molecule has 2 aromatic carbocycles. The van der Waals surface area contributed by atoms with E-state index in [1.54, 1.807) is 30.3 Å². The molecule has 3 fully saturated rings. The van der Waals surface area contributed by atoms with Crippen LogP contribution in [0.3, 0.4) is 0 Å². The zero-order valence-electron chi connectivity index (χ0n) is 14.8. The van der Waals surface area contributed by atoms with Gasteiger partial charge in [-0.25, -0.2) is 4.90 Å². The maximum Gasteiger partial charge on any atom is 0.240 e. The summed E-state index contributed by atoms with van der Waals surface area (Å²) in [5, 5.41) is 1.11. The lowest BCUT2D eigenvalue weighted by Gasteiger charge is -2.22. The van der Waals surface area contributed by atoms with Crippen molar-refractivity contribution in [3.8, 4) is 0 Å². The maximum atomic E-state index is 13.3. The SMILES string of the molecule is O=C1[C@H]2[C@H]3O[C@H](C4=C(c5ccccc5Cl)NO[C@H]43)[C@H]2C(=O)N1c1ccc(Cl)cc1. The number of nitrogens with one attached hydrogen (secondary N) is 1. The van der Waals surface area contributed by atoms with Gasteiger partial charge in [-0.1, -0.05) is 41.4 Å². The number of rotatable bonds is 2. The van der Waals surface area contributed by atoms with Gasteiger partial charge in [0.25, 0.3) is 0 Å². The van der Waals surface area contributed by atoms with Gasteiger partial charge in [0, 0.05) is 21.2 Å². The number of imide groups is 1. The molecule has 1 N–H and O–H groups in total. The van der Waals surface area contributed by atoms with Crippen LogP contribution in [0.1, 0.15) is 5.56 Å². The Bertz CT molecular complexity index is 1100. The van der Waals surface area contributed by atoms with Gasteiger partial charge in [-0.05, 0) is 30.3 Å². The molecule has 4 heterocycles. The van der Waals surface area contributed by atoms with Gasteiger partial charge in [0.1, 0.15) is 12.2 Å². The first kappa shape index (κ1) is 17.5. The summed E-state index contributed by atoms with van der Waals surface area (Å²) >= 11 is 12.3. The number of hydrogen-bond donors (Lipinski definition) is 1. The molecule has 0 saturated carbocycles. The summed E-state index contributed by atoms with van der Waals surface area (Å²) in [5.41, 5.74) is 5.82. The molecule has 2 aromatic rings. The topological polar surface area (TPSA) is 67.9 Å². The van der Waals surface area contributed by atoms with Crippen LogP contribution >= 0.6 is 23.2 Å². The van der Waals surface area contributed by atoms with Crippen LogP contribution in [0.5, 0.6) is 0 Å². The molecule has 0 radical (unpaired) electrons. The van der Waals surface area contributed by atoms with Gasteiger partial charge in [0.05, 0.1) is 29.3 Å². The van der Waals surface area contributed by atoms with Crippen LogP contribution in [0.2, 0.25) is 10.0 Å². The fraction of sp³-hybridized carbons (Fsp3) is 0.238. The van der Waals surface area contributed by atoms with E-state index in [4.69, 9.17) is 32.8 Å². The summed E-state index contributed by atoms with van der Waals surface area (Å²) in [6.07, 6.45) is -1.46. The van der Waals surface area contributed by atoms with E-state index in [0.29, 0.717) is 15.7 Å². The molecule has 0 aliphatic carbocycles. The van der Waals surface area contributed by atoms with E-state index in [2.05, 4.69) is 5.48 Å². The Morgan fingerprint density at radius 3 is 2.38 bits per heavy atom. The van der Waals surface area contributed by atoms with E-state index in [9.17, 15) is 9.59 Å². The van der Waals surface area contributed by atoms with Gasteiger partial charge in [-0.2, -0.15) is 0 Å². The van der Waals surface area contributed by atoms with Crippen LogP contribution < -0.4 is 10.4 Å². The van der Waals surface area contributed by atoms with Crippen LogP contribution in [0.4, 0.5) is 5.69 Å². The number of carbonyl (C=O) groups is 2. The van der Waals surface area contributed by atoms with Crippen LogP contribution in [0.25, 0.3) is 5.70 Å². The van der Waals surface area contributed by atoms with Crippen molar-refractivity contribution in [1.29, 1.82) is 0 Å².